The Morgan fingerprint density at radius 1 is 0.971 bits per heavy atom. The molecule has 1 aliphatic rings. The fourth-order valence-corrected chi connectivity index (χ4v) is 4.91. The van der Waals surface area contributed by atoms with Crippen molar-refractivity contribution in [3.05, 3.63) is 24.3 Å². The average Bonchev–Trinajstić information content (AvgIpc) is 2.78. The van der Waals surface area contributed by atoms with Gasteiger partial charge in [0.05, 0.1) is 18.0 Å². The molecule has 0 spiro atoms. The van der Waals surface area contributed by atoms with Crippen LogP contribution in [0.4, 0.5) is 11.4 Å². The smallest absolute Gasteiger partial charge is 0.227 e. The topological polar surface area (TPSA) is 97.0 Å². The molecule has 0 heterocycles. The monoisotopic (exact) mass is 497 g/mol. The molecule has 9 heteroatoms. The molecule has 2 N–H and O–H groups in total. The molecule has 2 rings (SSSR count). The third-order valence-electron chi connectivity index (χ3n) is 6.15. The Kier molecular flexibility index (Phi) is 11.3. The predicted molar refractivity (Wildman–Crippen MR) is 138 cm³/mol. The Morgan fingerprint density at radius 2 is 1.50 bits per heavy atom. The molecule has 0 saturated heterocycles. The van der Waals surface area contributed by atoms with E-state index in [1.54, 1.807) is 20.8 Å². The third kappa shape index (κ3) is 8.83. The summed E-state index contributed by atoms with van der Waals surface area (Å²) in [7, 11) is -3.38. The zero-order chi connectivity index (χ0) is 25.2. The lowest BCUT2D eigenvalue weighted by atomic mass is 9.86. The van der Waals surface area contributed by atoms with Gasteiger partial charge in [0.1, 0.15) is 0 Å². The lowest BCUT2D eigenvalue weighted by Crippen LogP contribution is -2.46. The van der Waals surface area contributed by atoms with Crippen molar-refractivity contribution < 1.29 is 22.7 Å². The van der Waals surface area contributed by atoms with Crippen molar-refractivity contribution in [3.63, 3.8) is 0 Å². The van der Waals surface area contributed by atoms with Gasteiger partial charge in [0.25, 0.3) is 0 Å². The highest BCUT2D eigenvalue weighted by molar-refractivity contribution is 7.90. The second-order valence-corrected chi connectivity index (χ2v) is 12.2. The number of sulfonamides is 1. The van der Waals surface area contributed by atoms with E-state index in [-0.39, 0.29) is 17.9 Å². The molecule has 0 bridgehead atoms. The standard InChI is InChI=1S/C25H43N3O5S/c1-6-32-18-16-28(17-19-33-7-2)23-14-12-21(13-15-23)26-24(29)20-8-10-22(11-9-20)27-34(30,31)25(3,4)5/h12-15,20,22,27H,6-11,16-19H2,1-5H3,(H,26,29). The normalized spacial score (nSPS) is 19.1. The quantitative estimate of drug-likeness (QED) is 0.403. The van der Waals surface area contributed by atoms with E-state index in [9.17, 15) is 13.2 Å². The van der Waals surface area contributed by atoms with E-state index in [0.29, 0.717) is 52.1 Å². The van der Waals surface area contributed by atoms with Crippen LogP contribution in [0.1, 0.15) is 60.3 Å². The summed E-state index contributed by atoms with van der Waals surface area (Å²) in [4.78, 5) is 15.0. The number of carbonyl (C=O) groups excluding carboxylic acids is 1. The summed E-state index contributed by atoms with van der Waals surface area (Å²) in [5, 5.41) is 3.02. The van der Waals surface area contributed by atoms with Crippen LogP contribution in [0.15, 0.2) is 24.3 Å². The highest BCUT2D eigenvalue weighted by Crippen LogP contribution is 2.28. The van der Waals surface area contributed by atoms with Crippen LogP contribution in [0.25, 0.3) is 0 Å². The number of ether oxygens (including phenoxy) is 2. The first-order valence-electron chi connectivity index (χ1n) is 12.4. The van der Waals surface area contributed by atoms with Gasteiger partial charge in [-0.05, 0) is 84.6 Å². The van der Waals surface area contributed by atoms with Crippen molar-refractivity contribution in [1.82, 2.24) is 4.72 Å². The van der Waals surface area contributed by atoms with E-state index < -0.39 is 14.8 Å². The number of hydrogen-bond donors (Lipinski definition) is 2. The first-order valence-corrected chi connectivity index (χ1v) is 13.9. The Bertz CT molecular complexity index is 834. The molecule has 8 nitrogen and oxygen atoms in total. The Labute approximate surface area is 205 Å². The molecule has 0 radical (unpaired) electrons. The van der Waals surface area contributed by atoms with Gasteiger partial charge in [-0.2, -0.15) is 0 Å². The van der Waals surface area contributed by atoms with Crippen molar-refractivity contribution >= 4 is 27.3 Å². The van der Waals surface area contributed by atoms with E-state index in [1.807, 2.05) is 38.1 Å². The lowest BCUT2D eigenvalue weighted by molar-refractivity contribution is -0.120. The molecule has 1 aromatic carbocycles. The van der Waals surface area contributed by atoms with Crippen molar-refractivity contribution in [2.45, 2.75) is 71.1 Å². The number of nitrogens with one attached hydrogen (secondary N) is 2. The van der Waals surface area contributed by atoms with Crippen molar-refractivity contribution in [1.29, 1.82) is 0 Å². The first-order chi connectivity index (χ1) is 16.1. The highest BCUT2D eigenvalue weighted by atomic mass is 32.2. The summed E-state index contributed by atoms with van der Waals surface area (Å²) < 4.78 is 37.8. The molecule has 1 aliphatic carbocycles. The number of hydrogen-bond acceptors (Lipinski definition) is 6. The molecule has 0 aliphatic heterocycles. The van der Waals surface area contributed by atoms with Crippen LogP contribution >= 0.6 is 0 Å². The number of nitrogens with zero attached hydrogens (tertiary/aromatic N) is 1. The minimum atomic E-state index is -3.38. The molecule has 0 aromatic heterocycles. The Hall–Kier alpha value is -1.68. The molecule has 34 heavy (non-hydrogen) atoms. The van der Waals surface area contributed by atoms with Crippen LogP contribution in [-0.2, 0) is 24.3 Å². The molecule has 1 saturated carbocycles. The average molecular weight is 498 g/mol. The molecule has 1 amide bonds. The van der Waals surface area contributed by atoms with Crippen molar-refractivity contribution in [2.24, 2.45) is 5.92 Å². The molecule has 0 unspecified atom stereocenters. The summed E-state index contributed by atoms with van der Waals surface area (Å²) in [6.45, 7) is 13.3. The molecule has 0 atom stereocenters. The van der Waals surface area contributed by atoms with Crippen LogP contribution in [0, 0.1) is 5.92 Å². The number of rotatable bonds is 13. The summed E-state index contributed by atoms with van der Waals surface area (Å²) in [6, 6.07) is 7.75. The minimum absolute atomic E-state index is 0.00516. The SMILES string of the molecule is CCOCCN(CCOCC)c1ccc(NC(=O)C2CCC(NS(=O)(=O)C(C)(C)C)CC2)cc1. The van der Waals surface area contributed by atoms with Gasteiger partial charge in [0.2, 0.25) is 15.9 Å². The summed E-state index contributed by atoms with van der Waals surface area (Å²) >= 11 is 0. The van der Waals surface area contributed by atoms with Gasteiger partial charge in [-0.15, -0.1) is 0 Å². The fraction of sp³-hybridized carbons (Fsp3) is 0.720. The van der Waals surface area contributed by atoms with Crippen molar-refractivity contribution in [3.8, 4) is 0 Å². The second-order valence-electron chi connectivity index (χ2n) is 9.70. The van der Waals surface area contributed by atoms with Crippen molar-refractivity contribution in [2.75, 3.05) is 49.7 Å². The predicted octanol–water partition coefficient (Wildman–Crippen LogP) is 3.78. The van der Waals surface area contributed by atoms with E-state index in [1.165, 1.54) is 0 Å². The van der Waals surface area contributed by atoms with E-state index in [4.69, 9.17) is 9.47 Å². The van der Waals surface area contributed by atoms with Gasteiger partial charge in [-0.25, -0.2) is 13.1 Å². The van der Waals surface area contributed by atoms with Gasteiger partial charge >= 0.3 is 0 Å². The molecular formula is C25H43N3O5S. The minimum Gasteiger partial charge on any atom is -0.380 e. The third-order valence-corrected chi connectivity index (χ3v) is 8.40. The van der Waals surface area contributed by atoms with Crippen LogP contribution in [0.5, 0.6) is 0 Å². The van der Waals surface area contributed by atoms with Crippen LogP contribution in [-0.4, -0.2) is 64.6 Å². The maximum Gasteiger partial charge on any atom is 0.227 e. The van der Waals surface area contributed by atoms with E-state index in [2.05, 4.69) is 14.9 Å². The van der Waals surface area contributed by atoms with E-state index >= 15 is 0 Å². The number of carbonyl (C=O) groups is 1. The maximum atomic E-state index is 12.8. The zero-order valence-corrected chi connectivity index (χ0v) is 22.2. The van der Waals surface area contributed by atoms with Gasteiger partial charge < -0.3 is 19.7 Å². The van der Waals surface area contributed by atoms with E-state index in [0.717, 1.165) is 24.5 Å². The summed E-state index contributed by atoms with van der Waals surface area (Å²) in [5.41, 5.74) is 1.82. The summed E-state index contributed by atoms with van der Waals surface area (Å²) in [6.07, 6.45) is 2.68. The van der Waals surface area contributed by atoms with Crippen LogP contribution in [0.2, 0.25) is 0 Å². The largest absolute Gasteiger partial charge is 0.380 e. The first kappa shape index (κ1) is 28.6. The highest BCUT2D eigenvalue weighted by Gasteiger charge is 2.34. The molecule has 1 fully saturated rings. The molecule has 1 aromatic rings. The number of anilines is 2. The van der Waals surface area contributed by atoms with Gasteiger partial charge in [0.15, 0.2) is 0 Å². The van der Waals surface area contributed by atoms with Gasteiger partial charge in [0, 0.05) is 49.6 Å². The molecular weight excluding hydrogens is 454 g/mol. The second kappa shape index (κ2) is 13.4. The van der Waals surface area contributed by atoms with Crippen LogP contribution < -0.4 is 14.9 Å². The number of amides is 1. The Morgan fingerprint density at radius 3 is 1.97 bits per heavy atom. The Balaban J connectivity index is 1.88. The number of benzene rings is 1. The van der Waals surface area contributed by atoms with Crippen LogP contribution in [0.3, 0.4) is 0 Å². The fourth-order valence-electron chi connectivity index (χ4n) is 3.88. The van der Waals surface area contributed by atoms with Gasteiger partial charge in [-0.1, -0.05) is 0 Å². The lowest BCUT2D eigenvalue weighted by Gasteiger charge is -2.30. The molecule has 194 valence electrons. The maximum absolute atomic E-state index is 12.8. The van der Waals surface area contributed by atoms with Gasteiger partial charge in [-0.3, -0.25) is 4.79 Å². The zero-order valence-electron chi connectivity index (χ0n) is 21.4. The summed E-state index contributed by atoms with van der Waals surface area (Å²) in [5.74, 6) is -0.113.